The van der Waals surface area contributed by atoms with Gasteiger partial charge in [-0.05, 0) is 5.57 Å². The van der Waals surface area contributed by atoms with Crippen LogP contribution in [-0.2, 0) is 9.47 Å². The van der Waals surface area contributed by atoms with Crippen LogP contribution in [0.4, 0.5) is 0 Å². The molecule has 0 aromatic rings. The van der Waals surface area contributed by atoms with Crippen molar-refractivity contribution in [3.05, 3.63) is 11.6 Å². The van der Waals surface area contributed by atoms with Gasteiger partial charge in [0.2, 0.25) is 0 Å². The van der Waals surface area contributed by atoms with Crippen LogP contribution in [0, 0.1) is 5.92 Å². The summed E-state index contributed by atoms with van der Waals surface area (Å²) in [5, 5.41) is 124. The first-order chi connectivity index (χ1) is 16.5. The highest BCUT2D eigenvalue weighted by atomic mass is 16.7. The third-order valence-corrected chi connectivity index (χ3v) is 7.02. The lowest BCUT2D eigenvalue weighted by molar-refractivity contribution is -0.332. The smallest absolute Gasteiger partial charge is 0.187 e. The van der Waals surface area contributed by atoms with Crippen molar-refractivity contribution in [3.8, 4) is 0 Å². The summed E-state index contributed by atoms with van der Waals surface area (Å²) < 4.78 is 10.7. The molecule has 35 heavy (non-hydrogen) atoms. The second-order valence-corrected chi connectivity index (χ2v) is 9.16. The fourth-order valence-electron chi connectivity index (χ4n) is 4.81. The monoisotopic (exact) mass is 513 g/mol. The number of hydrogen-bond acceptors (Lipinski definition) is 15. The van der Waals surface area contributed by atoms with Gasteiger partial charge in [0.25, 0.3) is 0 Å². The Bertz CT molecular complexity index is 726. The molecule has 1 heterocycles. The van der Waals surface area contributed by atoms with Gasteiger partial charge in [-0.25, -0.2) is 0 Å². The predicted octanol–water partition coefficient (Wildman–Crippen LogP) is -7.78. The van der Waals surface area contributed by atoms with E-state index >= 15 is 0 Å². The zero-order chi connectivity index (χ0) is 26.2. The Morgan fingerprint density at radius 1 is 0.714 bits per heavy atom. The molecule has 0 unspecified atom stereocenters. The minimum Gasteiger partial charge on any atom is -0.396 e. The maximum Gasteiger partial charge on any atom is 0.187 e. The van der Waals surface area contributed by atoms with E-state index in [1.54, 1.807) is 0 Å². The topological polar surface area (TPSA) is 273 Å². The van der Waals surface area contributed by atoms with Crippen molar-refractivity contribution in [1.82, 2.24) is 5.32 Å². The maximum absolute atomic E-state index is 10.9. The van der Waals surface area contributed by atoms with Crippen LogP contribution in [0.15, 0.2) is 11.6 Å². The van der Waals surface area contributed by atoms with E-state index in [-0.39, 0.29) is 5.57 Å². The third-order valence-electron chi connectivity index (χ3n) is 7.02. The molecule has 0 radical (unpaired) electrons. The first-order valence-corrected chi connectivity index (χ1v) is 11.2. The van der Waals surface area contributed by atoms with Crippen LogP contribution in [0.5, 0.6) is 0 Å². The first-order valence-electron chi connectivity index (χ1n) is 11.2. The molecule has 15 nitrogen and oxygen atoms in total. The summed E-state index contributed by atoms with van der Waals surface area (Å²) in [6.45, 7) is -2.18. The molecule has 13 N–H and O–H groups in total. The van der Waals surface area contributed by atoms with Crippen LogP contribution in [-0.4, -0.2) is 167 Å². The van der Waals surface area contributed by atoms with Gasteiger partial charge in [-0.2, -0.15) is 0 Å². The molecule has 0 spiro atoms. The van der Waals surface area contributed by atoms with Gasteiger partial charge in [-0.15, -0.1) is 0 Å². The van der Waals surface area contributed by atoms with Crippen molar-refractivity contribution in [2.24, 2.45) is 5.92 Å². The quantitative estimate of drug-likeness (QED) is 0.141. The second kappa shape index (κ2) is 11.7. The van der Waals surface area contributed by atoms with Crippen LogP contribution in [0.25, 0.3) is 0 Å². The molecule has 204 valence electrons. The highest BCUT2D eigenvalue weighted by Crippen LogP contribution is 2.33. The van der Waals surface area contributed by atoms with E-state index in [0.29, 0.717) is 0 Å². The van der Waals surface area contributed by atoms with Crippen LogP contribution < -0.4 is 5.32 Å². The average molecular weight is 513 g/mol. The molecule has 1 aliphatic heterocycles. The maximum atomic E-state index is 10.9. The molecule has 2 aliphatic carbocycles. The van der Waals surface area contributed by atoms with Gasteiger partial charge in [0.05, 0.1) is 44.1 Å². The van der Waals surface area contributed by atoms with Gasteiger partial charge in [0, 0.05) is 5.92 Å². The van der Waals surface area contributed by atoms with E-state index in [0.717, 1.165) is 0 Å². The zero-order valence-electron chi connectivity index (χ0n) is 18.5. The highest BCUT2D eigenvalue weighted by Gasteiger charge is 2.54. The SMILES string of the molecule is OCC1=C[C@H](N[C@H]2[C@H](O)[C@H](O)[C@H](O[C@H]3O[C@H](CO)[C@@H](O)[C@H](O)[C@H]3O)[C@@H](CO)[C@H]2O)[C@@H](O)[C@H](O)[C@H]1O. The van der Waals surface area contributed by atoms with Crippen molar-refractivity contribution in [2.45, 2.75) is 85.5 Å². The lowest BCUT2D eigenvalue weighted by Crippen LogP contribution is -2.70. The standard InChI is InChI=1S/C20H35NO14/c22-2-5-1-7(12(27)15(30)10(5)25)21-9-11(26)6(3-23)19(17(32)14(9)29)35-20-18(33)16(31)13(28)8(4-24)34-20/h1,6-33H,2-4H2/t6-,7-,8+,9+,10-,11+,12+,13+,14-,15+,16-,17-,18+,19+,20+/m0/s1. The summed E-state index contributed by atoms with van der Waals surface area (Å²) in [6.07, 6.45) is -18.8. The minimum absolute atomic E-state index is 0.0248. The summed E-state index contributed by atoms with van der Waals surface area (Å²) in [6, 6.07) is -2.59. The largest absolute Gasteiger partial charge is 0.396 e. The van der Waals surface area contributed by atoms with Gasteiger partial charge in [-0.3, -0.25) is 0 Å². The molecule has 0 bridgehead atoms. The Hall–Kier alpha value is -0.860. The van der Waals surface area contributed by atoms with Crippen LogP contribution >= 0.6 is 0 Å². The fourth-order valence-corrected chi connectivity index (χ4v) is 4.81. The van der Waals surface area contributed by atoms with Crippen molar-refractivity contribution in [1.29, 1.82) is 0 Å². The summed E-state index contributed by atoms with van der Waals surface area (Å²) in [5.74, 6) is -1.31. The lowest BCUT2D eigenvalue weighted by Gasteiger charge is -2.49. The highest BCUT2D eigenvalue weighted by molar-refractivity contribution is 5.22. The Morgan fingerprint density at radius 2 is 1.37 bits per heavy atom. The van der Waals surface area contributed by atoms with Crippen molar-refractivity contribution in [3.63, 3.8) is 0 Å². The summed E-state index contributed by atoms with van der Waals surface area (Å²) >= 11 is 0. The lowest BCUT2D eigenvalue weighted by atomic mass is 9.76. The number of ether oxygens (including phenoxy) is 2. The molecule has 0 aromatic carbocycles. The number of hydrogen-bond donors (Lipinski definition) is 13. The first kappa shape index (κ1) is 28.7. The summed E-state index contributed by atoms with van der Waals surface area (Å²) in [7, 11) is 0. The molecule has 1 saturated carbocycles. The van der Waals surface area contributed by atoms with Crippen LogP contribution in [0.2, 0.25) is 0 Å². The second-order valence-electron chi connectivity index (χ2n) is 9.16. The molecule has 0 amide bonds. The molecule has 3 rings (SSSR count). The van der Waals surface area contributed by atoms with Crippen molar-refractivity contribution in [2.75, 3.05) is 19.8 Å². The Labute approximate surface area is 199 Å². The van der Waals surface area contributed by atoms with E-state index in [2.05, 4.69) is 5.32 Å². The molecule has 3 aliphatic rings. The number of nitrogens with one attached hydrogen (secondary N) is 1. The molecule has 0 aromatic heterocycles. The van der Waals surface area contributed by atoms with E-state index in [9.17, 15) is 61.3 Å². The normalized spacial score (nSPS) is 51.2. The minimum atomic E-state index is -1.84. The van der Waals surface area contributed by atoms with Crippen LogP contribution in [0.3, 0.4) is 0 Å². The fraction of sp³-hybridized carbons (Fsp3) is 0.900. The van der Waals surface area contributed by atoms with E-state index in [1.807, 2.05) is 0 Å². The summed E-state index contributed by atoms with van der Waals surface area (Å²) in [4.78, 5) is 0. The van der Waals surface area contributed by atoms with Gasteiger partial charge < -0.3 is 76.1 Å². The number of aliphatic hydroxyl groups excluding tert-OH is 12. The molecule has 15 heteroatoms. The molecule has 1 saturated heterocycles. The van der Waals surface area contributed by atoms with Gasteiger partial charge in [0.15, 0.2) is 6.29 Å². The molecule has 2 fully saturated rings. The van der Waals surface area contributed by atoms with Crippen LogP contribution in [0.1, 0.15) is 0 Å². The average Bonchev–Trinajstić information content (AvgIpc) is 2.85. The van der Waals surface area contributed by atoms with E-state index < -0.39 is 111 Å². The van der Waals surface area contributed by atoms with E-state index in [4.69, 9.17) is 9.47 Å². The molecular formula is C20H35NO14. The van der Waals surface area contributed by atoms with Crippen molar-refractivity contribution >= 4 is 0 Å². The number of aliphatic hydroxyl groups is 12. The molecule has 15 atom stereocenters. The third kappa shape index (κ3) is 5.40. The Morgan fingerprint density at radius 3 is 1.94 bits per heavy atom. The number of rotatable bonds is 7. The zero-order valence-corrected chi connectivity index (χ0v) is 18.5. The van der Waals surface area contributed by atoms with Gasteiger partial charge in [-0.1, -0.05) is 6.08 Å². The van der Waals surface area contributed by atoms with Crippen molar-refractivity contribution < 1.29 is 70.8 Å². The summed E-state index contributed by atoms with van der Waals surface area (Å²) in [5.41, 5.74) is -0.0248. The molecular weight excluding hydrogens is 478 g/mol. The van der Waals surface area contributed by atoms with E-state index in [1.165, 1.54) is 6.08 Å². The van der Waals surface area contributed by atoms with Gasteiger partial charge in [0.1, 0.15) is 54.9 Å². The Balaban J connectivity index is 1.79. The predicted molar refractivity (Wildman–Crippen MR) is 111 cm³/mol. The van der Waals surface area contributed by atoms with Gasteiger partial charge >= 0.3 is 0 Å². The Kier molecular flexibility index (Phi) is 9.58.